The van der Waals surface area contributed by atoms with Crippen LogP contribution in [0.15, 0.2) is 121 Å². The number of benzene rings is 4. The lowest BCUT2D eigenvalue weighted by molar-refractivity contribution is 0.0962. The molecule has 66 heavy (non-hydrogen) atoms. The smallest absolute Gasteiger partial charge is 0.167 e. The lowest BCUT2D eigenvalue weighted by atomic mass is 9.78. The van der Waals surface area contributed by atoms with Gasteiger partial charge in [-0.2, -0.15) is 20.7 Å². The molecule has 0 spiro atoms. The van der Waals surface area contributed by atoms with Gasteiger partial charge in [0.05, 0.1) is 46.5 Å². The Morgan fingerprint density at radius 3 is 1.00 bits per heavy atom. The first-order valence-electron chi connectivity index (χ1n) is 24.3. The molecule has 2 fully saturated rings. The van der Waals surface area contributed by atoms with Crippen LogP contribution >= 0.6 is 0 Å². The molecule has 4 aromatic carbocycles. The predicted octanol–water partition coefficient (Wildman–Crippen LogP) is 14.6. The Balaban J connectivity index is 0.000000305. The molecule has 0 saturated heterocycles. The number of nitrogens with zero attached hydrogens (tertiary/aromatic N) is 6. The molecule has 0 unspecified atom stereocenters. The maximum atomic E-state index is 13.5. The summed E-state index contributed by atoms with van der Waals surface area (Å²) in [7, 11) is 3.80. The summed E-state index contributed by atoms with van der Waals surface area (Å²) in [6, 6.07) is 44.4. The Morgan fingerprint density at radius 1 is 0.500 bits per heavy atom. The average Bonchev–Trinajstić information content (AvgIpc) is 4.33. The van der Waals surface area contributed by atoms with Crippen LogP contribution in [0.3, 0.4) is 0 Å². The zero-order valence-electron chi connectivity index (χ0n) is 41.8. The van der Waals surface area contributed by atoms with Crippen molar-refractivity contribution in [2.45, 2.75) is 143 Å². The molecule has 8 heteroatoms. The average molecular weight is 887 g/mol. The lowest BCUT2D eigenvalue weighted by Crippen LogP contribution is -2.16. The van der Waals surface area contributed by atoms with E-state index in [0.717, 1.165) is 81.8 Å². The van der Waals surface area contributed by atoms with Crippen molar-refractivity contribution in [2.24, 2.45) is 14.1 Å². The van der Waals surface area contributed by atoms with Crippen LogP contribution in [0.25, 0.3) is 0 Å². The zero-order valence-corrected chi connectivity index (χ0v) is 41.8. The van der Waals surface area contributed by atoms with Crippen molar-refractivity contribution in [2.75, 3.05) is 0 Å². The first kappa shape index (κ1) is 54.0. The Labute approximate surface area is 396 Å². The Bertz CT molecular complexity index is 2260. The van der Waals surface area contributed by atoms with E-state index in [4.69, 9.17) is 0 Å². The summed E-state index contributed by atoms with van der Waals surface area (Å²) in [4.78, 5) is 27.0. The molecule has 2 aliphatic rings. The number of nitriles is 2. The number of aryl methyl sites for hydroxylation is 2. The van der Waals surface area contributed by atoms with Gasteiger partial charge in [0.15, 0.2) is 11.6 Å². The van der Waals surface area contributed by atoms with Gasteiger partial charge < -0.3 is 0 Å². The highest BCUT2D eigenvalue weighted by molar-refractivity contribution is 5.99. The van der Waals surface area contributed by atoms with Gasteiger partial charge >= 0.3 is 0 Å². The fraction of sp³-hybridized carbons (Fsp3) is 0.414. The van der Waals surface area contributed by atoms with Crippen LogP contribution < -0.4 is 0 Å². The third-order valence-corrected chi connectivity index (χ3v) is 11.9. The van der Waals surface area contributed by atoms with E-state index in [1.807, 2.05) is 214 Å². The number of carbonyl (C=O) groups is 2. The molecule has 0 amide bonds. The minimum absolute atomic E-state index is 0.0857. The van der Waals surface area contributed by atoms with Gasteiger partial charge in [0.25, 0.3) is 0 Å². The number of carbonyl (C=O) groups excluding carboxylic acids is 2. The van der Waals surface area contributed by atoms with E-state index in [1.54, 1.807) is 0 Å². The van der Waals surface area contributed by atoms with Crippen molar-refractivity contribution in [3.05, 3.63) is 177 Å². The van der Waals surface area contributed by atoms with Crippen molar-refractivity contribution in [3.63, 3.8) is 0 Å². The Morgan fingerprint density at radius 2 is 0.758 bits per heavy atom. The second kappa shape index (κ2) is 27.8. The Hall–Kier alpha value is -6.38. The summed E-state index contributed by atoms with van der Waals surface area (Å²) in [5.41, 5.74) is 9.17. The summed E-state index contributed by atoms with van der Waals surface area (Å²) >= 11 is 0. The minimum atomic E-state index is -0.385. The topological polar surface area (TPSA) is 117 Å². The third-order valence-electron chi connectivity index (χ3n) is 11.9. The molecule has 6 aromatic rings. The van der Waals surface area contributed by atoms with Gasteiger partial charge in [0.2, 0.25) is 0 Å². The Kier molecular flexibility index (Phi) is 22.8. The predicted molar refractivity (Wildman–Crippen MR) is 271 cm³/mol. The van der Waals surface area contributed by atoms with Gasteiger partial charge in [0, 0.05) is 62.0 Å². The van der Waals surface area contributed by atoms with Gasteiger partial charge in [0.1, 0.15) is 0 Å². The molecule has 2 aromatic heterocycles. The fourth-order valence-corrected chi connectivity index (χ4v) is 8.22. The van der Waals surface area contributed by atoms with Crippen LogP contribution in [0.2, 0.25) is 0 Å². The van der Waals surface area contributed by atoms with Gasteiger partial charge in [-0.3, -0.25) is 19.0 Å². The number of aromatic nitrogens is 4. The van der Waals surface area contributed by atoms with Crippen molar-refractivity contribution in [3.8, 4) is 12.1 Å². The molecular weight excluding hydrogens is 813 g/mol. The third kappa shape index (κ3) is 13.8. The van der Waals surface area contributed by atoms with E-state index in [9.17, 15) is 20.1 Å². The van der Waals surface area contributed by atoms with Gasteiger partial charge in [-0.25, -0.2) is 0 Å². The van der Waals surface area contributed by atoms with E-state index in [1.165, 1.54) is 0 Å². The summed E-state index contributed by atoms with van der Waals surface area (Å²) in [6.45, 7) is 19.9. The fourth-order valence-electron chi connectivity index (χ4n) is 8.22. The van der Waals surface area contributed by atoms with E-state index >= 15 is 0 Å². The van der Waals surface area contributed by atoms with Crippen LogP contribution in [0.4, 0.5) is 0 Å². The monoisotopic (exact) mass is 887 g/mol. The van der Waals surface area contributed by atoms with Crippen LogP contribution in [-0.4, -0.2) is 31.1 Å². The molecule has 8 rings (SSSR count). The van der Waals surface area contributed by atoms with Gasteiger partial charge in [-0.1, -0.05) is 177 Å². The van der Waals surface area contributed by atoms with Crippen molar-refractivity contribution >= 4 is 11.6 Å². The van der Waals surface area contributed by atoms with Gasteiger partial charge in [-0.05, 0) is 61.8 Å². The summed E-state index contributed by atoms with van der Waals surface area (Å²) < 4.78 is 3.63. The van der Waals surface area contributed by atoms with Gasteiger partial charge in [-0.15, -0.1) is 0 Å². The van der Waals surface area contributed by atoms with E-state index in [-0.39, 0.29) is 35.2 Å². The molecule has 2 saturated carbocycles. The number of ketones is 2. The molecule has 2 heterocycles. The molecule has 2 aliphatic carbocycles. The number of rotatable bonds is 14. The summed E-state index contributed by atoms with van der Waals surface area (Å²) in [5.74, 6) is -0.196. The van der Waals surface area contributed by atoms with Crippen LogP contribution in [0, 0.1) is 36.5 Å². The quantitative estimate of drug-likeness (QED) is 0.101. The highest BCUT2D eigenvalue weighted by Gasteiger charge is 2.37. The maximum absolute atomic E-state index is 13.5. The summed E-state index contributed by atoms with van der Waals surface area (Å²) in [6.07, 6.45) is 4.99. The van der Waals surface area contributed by atoms with E-state index in [0.29, 0.717) is 24.7 Å². The maximum Gasteiger partial charge on any atom is 0.167 e. The molecule has 0 bridgehead atoms. The molecular formula is C58H74N6O2. The first-order valence-corrected chi connectivity index (χ1v) is 24.3. The van der Waals surface area contributed by atoms with E-state index < -0.39 is 0 Å². The molecule has 4 atom stereocenters. The zero-order chi connectivity index (χ0) is 48.8. The number of hydrogen-bond donors (Lipinski definition) is 0. The standard InChI is InChI=1S/2C25H25N3O.4C2H6/c2*1-17-24(25(20-13-14-20)27-28(17)2)23(29)15-21(18-9-5-3-6-10-18)22(16-26)19-11-7-4-8-12-19;4*1-2/h2*3-12,20-22H,13-15H2,1-2H3;4*1-2H3/t2*21-,22-;;;;/m10..../s1. The minimum Gasteiger partial charge on any atom is -0.294 e. The SMILES string of the molecule is CC.CC.CC.CC.Cc1c(C(=O)C[C@@H](c2ccccc2)[C@@H](C#N)c2ccccc2)c(C2CC2)nn1C.Cc1c(C(=O)C[C@H](c2ccccc2)[C@H](C#N)c2ccccc2)c(C2CC2)nn1C. The molecule has 8 nitrogen and oxygen atoms in total. The van der Waals surface area contributed by atoms with Crippen molar-refractivity contribution in [1.29, 1.82) is 10.5 Å². The molecule has 0 radical (unpaired) electrons. The van der Waals surface area contributed by atoms with Crippen LogP contribution in [-0.2, 0) is 14.1 Å². The number of hydrogen-bond acceptors (Lipinski definition) is 6. The molecule has 0 aliphatic heterocycles. The largest absolute Gasteiger partial charge is 0.294 e. The number of Topliss-reactive ketones (excluding diaryl/α,β-unsaturated/α-hetero) is 2. The normalized spacial score (nSPS) is 14.0. The highest BCUT2D eigenvalue weighted by Crippen LogP contribution is 2.45. The summed E-state index contributed by atoms with van der Waals surface area (Å²) in [5, 5.41) is 29.3. The lowest BCUT2D eigenvalue weighted by Gasteiger charge is -2.22. The van der Waals surface area contributed by atoms with Crippen molar-refractivity contribution in [1.82, 2.24) is 19.6 Å². The van der Waals surface area contributed by atoms with Crippen LogP contribution in [0.5, 0.6) is 0 Å². The molecule has 0 N–H and O–H groups in total. The first-order chi connectivity index (χ1) is 32.2. The van der Waals surface area contributed by atoms with Crippen molar-refractivity contribution < 1.29 is 9.59 Å². The molecule has 348 valence electrons. The highest BCUT2D eigenvalue weighted by atomic mass is 16.1. The second-order valence-corrected chi connectivity index (χ2v) is 15.8. The van der Waals surface area contributed by atoms with Crippen LogP contribution in [0.1, 0.15) is 195 Å². The second-order valence-electron chi connectivity index (χ2n) is 15.8. The van der Waals surface area contributed by atoms with E-state index in [2.05, 4.69) is 22.3 Å².